The summed E-state index contributed by atoms with van der Waals surface area (Å²) < 4.78 is 1.53. The summed E-state index contributed by atoms with van der Waals surface area (Å²) >= 11 is 5.83. The molecule has 0 atom stereocenters. The standard InChI is InChI=1S/C17H23ClN6O/c1-12(2)23-7-5-14(6-8-23)20-17(25)11-24-10-16(21-22-24)15-4-3-13(18)9-19-15/h3-4,9-10,12,14H,5-8,11H2,1-2H3,(H,20,25). The molecular formula is C17H23ClN6O. The summed E-state index contributed by atoms with van der Waals surface area (Å²) in [4.78, 5) is 18.9. The van der Waals surface area contributed by atoms with Crippen LogP contribution in [0.1, 0.15) is 26.7 Å². The molecule has 0 unspecified atom stereocenters. The Morgan fingerprint density at radius 1 is 1.32 bits per heavy atom. The summed E-state index contributed by atoms with van der Waals surface area (Å²) in [5.41, 5.74) is 1.30. The Morgan fingerprint density at radius 2 is 2.08 bits per heavy atom. The second kappa shape index (κ2) is 7.93. The van der Waals surface area contributed by atoms with Crippen LogP contribution in [0.25, 0.3) is 11.4 Å². The average molecular weight is 363 g/mol. The van der Waals surface area contributed by atoms with E-state index in [1.54, 1.807) is 24.5 Å². The van der Waals surface area contributed by atoms with Crippen LogP contribution in [0.4, 0.5) is 0 Å². The van der Waals surface area contributed by atoms with E-state index >= 15 is 0 Å². The van der Waals surface area contributed by atoms with Crippen molar-refractivity contribution in [2.24, 2.45) is 0 Å². The molecule has 2 aromatic heterocycles. The molecule has 1 aliphatic heterocycles. The van der Waals surface area contributed by atoms with E-state index in [2.05, 4.69) is 39.4 Å². The number of likely N-dealkylation sites (tertiary alicyclic amines) is 1. The maximum absolute atomic E-state index is 12.2. The lowest BCUT2D eigenvalue weighted by atomic mass is 10.0. The predicted octanol–water partition coefficient (Wildman–Crippen LogP) is 1.98. The molecule has 0 bridgehead atoms. The van der Waals surface area contributed by atoms with Gasteiger partial charge in [-0.15, -0.1) is 5.10 Å². The summed E-state index contributed by atoms with van der Waals surface area (Å²) in [7, 11) is 0. The molecule has 25 heavy (non-hydrogen) atoms. The van der Waals surface area contributed by atoms with Gasteiger partial charge in [0, 0.05) is 31.4 Å². The number of carbonyl (C=O) groups excluding carboxylic acids is 1. The minimum absolute atomic E-state index is 0.0384. The van der Waals surface area contributed by atoms with Crippen molar-refractivity contribution in [2.75, 3.05) is 13.1 Å². The first-order valence-corrected chi connectivity index (χ1v) is 8.94. The van der Waals surface area contributed by atoms with Gasteiger partial charge in [0.25, 0.3) is 0 Å². The number of hydrogen-bond donors (Lipinski definition) is 1. The highest BCUT2D eigenvalue weighted by Crippen LogP contribution is 2.16. The van der Waals surface area contributed by atoms with E-state index in [1.807, 2.05) is 0 Å². The zero-order valence-corrected chi connectivity index (χ0v) is 15.3. The van der Waals surface area contributed by atoms with Crippen LogP contribution in [-0.2, 0) is 11.3 Å². The molecule has 0 aliphatic carbocycles. The Morgan fingerprint density at radius 3 is 2.72 bits per heavy atom. The summed E-state index contributed by atoms with van der Waals surface area (Å²) in [6.07, 6.45) is 5.26. The number of pyridine rings is 1. The molecule has 0 spiro atoms. The van der Waals surface area contributed by atoms with Gasteiger partial charge in [0.2, 0.25) is 5.91 Å². The van der Waals surface area contributed by atoms with Crippen LogP contribution in [0.5, 0.6) is 0 Å². The normalized spacial score (nSPS) is 16.3. The molecule has 1 fully saturated rings. The van der Waals surface area contributed by atoms with Crippen LogP contribution < -0.4 is 5.32 Å². The molecule has 7 nitrogen and oxygen atoms in total. The fraction of sp³-hybridized carbons (Fsp3) is 0.529. The van der Waals surface area contributed by atoms with E-state index in [0.717, 1.165) is 25.9 Å². The van der Waals surface area contributed by atoms with Crippen LogP contribution in [0.2, 0.25) is 5.02 Å². The van der Waals surface area contributed by atoms with Gasteiger partial charge in [0.1, 0.15) is 12.2 Å². The number of nitrogens with one attached hydrogen (secondary N) is 1. The van der Waals surface area contributed by atoms with E-state index in [9.17, 15) is 4.79 Å². The predicted molar refractivity (Wildman–Crippen MR) is 96.1 cm³/mol. The lowest BCUT2D eigenvalue weighted by molar-refractivity contribution is -0.122. The first kappa shape index (κ1) is 17.8. The second-order valence-electron chi connectivity index (χ2n) is 6.63. The lowest BCUT2D eigenvalue weighted by Crippen LogP contribution is -2.47. The molecule has 0 aromatic carbocycles. The SMILES string of the molecule is CC(C)N1CCC(NC(=O)Cn2cc(-c3ccc(Cl)cn3)nn2)CC1. The minimum Gasteiger partial charge on any atom is -0.352 e. The van der Waals surface area contributed by atoms with Crippen LogP contribution in [0, 0.1) is 0 Å². The smallest absolute Gasteiger partial charge is 0.242 e. The highest BCUT2D eigenvalue weighted by Gasteiger charge is 2.22. The first-order valence-electron chi connectivity index (χ1n) is 8.57. The van der Waals surface area contributed by atoms with Gasteiger partial charge in [-0.2, -0.15) is 0 Å². The molecular weight excluding hydrogens is 340 g/mol. The van der Waals surface area contributed by atoms with Crippen molar-refractivity contribution < 1.29 is 4.79 Å². The molecule has 3 rings (SSSR count). The second-order valence-corrected chi connectivity index (χ2v) is 7.07. The number of rotatable bonds is 5. The van der Waals surface area contributed by atoms with E-state index in [4.69, 9.17) is 11.6 Å². The zero-order chi connectivity index (χ0) is 17.8. The van der Waals surface area contributed by atoms with E-state index in [0.29, 0.717) is 22.5 Å². The van der Waals surface area contributed by atoms with Gasteiger partial charge in [-0.05, 0) is 38.8 Å². The van der Waals surface area contributed by atoms with E-state index < -0.39 is 0 Å². The van der Waals surface area contributed by atoms with Crippen LogP contribution in [0.3, 0.4) is 0 Å². The molecule has 1 amide bonds. The third-order valence-electron chi connectivity index (χ3n) is 4.46. The highest BCUT2D eigenvalue weighted by atomic mass is 35.5. The fourth-order valence-electron chi connectivity index (χ4n) is 3.00. The lowest BCUT2D eigenvalue weighted by Gasteiger charge is -2.34. The molecule has 134 valence electrons. The average Bonchev–Trinajstić information content (AvgIpc) is 3.04. The number of aromatic nitrogens is 4. The van der Waals surface area contributed by atoms with Crippen LogP contribution in [0.15, 0.2) is 24.5 Å². The van der Waals surface area contributed by atoms with E-state index in [-0.39, 0.29) is 18.5 Å². The van der Waals surface area contributed by atoms with Gasteiger partial charge in [-0.1, -0.05) is 16.8 Å². The number of nitrogens with zero attached hydrogens (tertiary/aromatic N) is 5. The van der Waals surface area contributed by atoms with Crippen LogP contribution in [-0.4, -0.2) is 56.0 Å². The third kappa shape index (κ3) is 4.76. The van der Waals surface area contributed by atoms with Crippen molar-refractivity contribution in [3.63, 3.8) is 0 Å². The molecule has 1 aliphatic rings. The quantitative estimate of drug-likeness (QED) is 0.880. The number of hydrogen-bond acceptors (Lipinski definition) is 5. The van der Waals surface area contributed by atoms with Crippen molar-refractivity contribution in [2.45, 2.75) is 45.3 Å². The summed E-state index contributed by atoms with van der Waals surface area (Å²) in [6, 6.07) is 4.33. The van der Waals surface area contributed by atoms with Crippen LogP contribution >= 0.6 is 11.6 Å². The van der Waals surface area contributed by atoms with Gasteiger partial charge in [-0.3, -0.25) is 9.78 Å². The Kier molecular flexibility index (Phi) is 5.65. The minimum atomic E-state index is -0.0384. The molecule has 1 saturated heterocycles. The number of carbonyl (C=O) groups is 1. The fourth-order valence-corrected chi connectivity index (χ4v) is 3.11. The van der Waals surface area contributed by atoms with Crippen molar-refractivity contribution >= 4 is 17.5 Å². The maximum atomic E-state index is 12.2. The number of amides is 1. The topological polar surface area (TPSA) is 75.9 Å². The molecule has 2 aromatic rings. The van der Waals surface area contributed by atoms with Gasteiger partial charge in [-0.25, -0.2) is 4.68 Å². The molecule has 0 saturated carbocycles. The Balaban J connectivity index is 1.51. The zero-order valence-electron chi connectivity index (χ0n) is 14.5. The summed E-state index contributed by atoms with van der Waals surface area (Å²) in [6.45, 7) is 6.62. The molecule has 0 radical (unpaired) electrons. The molecule has 1 N–H and O–H groups in total. The Hall–Kier alpha value is -1.99. The van der Waals surface area contributed by atoms with Crippen molar-refractivity contribution in [1.29, 1.82) is 0 Å². The van der Waals surface area contributed by atoms with Crippen molar-refractivity contribution in [3.8, 4) is 11.4 Å². The van der Waals surface area contributed by atoms with Crippen molar-refractivity contribution in [3.05, 3.63) is 29.5 Å². The summed E-state index contributed by atoms with van der Waals surface area (Å²) in [5.74, 6) is -0.0384. The first-order chi connectivity index (χ1) is 12.0. The third-order valence-corrected chi connectivity index (χ3v) is 4.68. The molecule has 8 heteroatoms. The largest absolute Gasteiger partial charge is 0.352 e. The maximum Gasteiger partial charge on any atom is 0.242 e. The Labute approximate surface area is 152 Å². The number of piperidine rings is 1. The van der Waals surface area contributed by atoms with Gasteiger partial charge in [0.05, 0.1) is 16.9 Å². The van der Waals surface area contributed by atoms with Gasteiger partial charge >= 0.3 is 0 Å². The number of halogens is 1. The van der Waals surface area contributed by atoms with Crippen molar-refractivity contribution in [1.82, 2.24) is 30.2 Å². The molecule has 3 heterocycles. The van der Waals surface area contributed by atoms with Gasteiger partial charge < -0.3 is 10.2 Å². The van der Waals surface area contributed by atoms with E-state index in [1.165, 1.54) is 4.68 Å². The summed E-state index contributed by atoms with van der Waals surface area (Å²) in [5, 5.41) is 11.7. The highest BCUT2D eigenvalue weighted by molar-refractivity contribution is 6.30. The monoisotopic (exact) mass is 362 g/mol. The Bertz CT molecular complexity index is 706. The van der Waals surface area contributed by atoms with Gasteiger partial charge in [0.15, 0.2) is 0 Å².